The third kappa shape index (κ3) is 0.918. The van der Waals surface area contributed by atoms with Crippen LogP contribution in [-0.2, 0) is 4.79 Å². The molecule has 0 radical (unpaired) electrons. The van der Waals surface area contributed by atoms with E-state index in [0.29, 0.717) is 11.7 Å². The van der Waals surface area contributed by atoms with Crippen LogP contribution in [0.25, 0.3) is 0 Å². The van der Waals surface area contributed by atoms with E-state index in [-0.39, 0.29) is 11.3 Å². The number of hydrogen-bond donors (Lipinski definition) is 0. The number of halogens is 1. The van der Waals surface area contributed by atoms with Gasteiger partial charge in [-0.2, -0.15) is 0 Å². The van der Waals surface area contributed by atoms with Crippen LogP contribution in [0.5, 0.6) is 0 Å². The highest BCUT2D eigenvalue weighted by Crippen LogP contribution is 2.65. The summed E-state index contributed by atoms with van der Waals surface area (Å²) in [7, 11) is 0. The standard InChI is InChI=1S/C11H15ClO/c12-6-10(13)11-4-7-1-8(5-11)3-9(11)2-7/h7-9H,1-6H2. The first-order valence-electron chi connectivity index (χ1n) is 5.34. The van der Waals surface area contributed by atoms with Crippen molar-refractivity contribution in [3.63, 3.8) is 0 Å². The van der Waals surface area contributed by atoms with Crippen molar-refractivity contribution in [2.24, 2.45) is 23.2 Å². The maximum Gasteiger partial charge on any atom is 0.154 e. The molecule has 0 spiro atoms. The van der Waals surface area contributed by atoms with Crippen LogP contribution in [-0.4, -0.2) is 11.7 Å². The monoisotopic (exact) mass is 198 g/mol. The lowest BCUT2D eigenvalue weighted by Crippen LogP contribution is -2.33. The van der Waals surface area contributed by atoms with Gasteiger partial charge < -0.3 is 0 Å². The molecule has 0 saturated heterocycles. The highest BCUT2D eigenvalue weighted by molar-refractivity contribution is 6.28. The fourth-order valence-corrected chi connectivity index (χ4v) is 4.65. The summed E-state index contributed by atoms with van der Waals surface area (Å²) in [6.45, 7) is 0. The Morgan fingerprint density at radius 2 is 1.85 bits per heavy atom. The molecule has 0 amide bonds. The Hall–Kier alpha value is -0.0400. The van der Waals surface area contributed by atoms with E-state index >= 15 is 0 Å². The SMILES string of the molecule is O=C(CCl)C12CC3CC(CC1C3)C2. The van der Waals surface area contributed by atoms with Gasteiger partial charge >= 0.3 is 0 Å². The second kappa shape index (κ2) is 2.50. The van der Waals surface area contributed by atoms with Crippen molar-refractivity contribution >= 4 is 17.4 Å². The van der Waals surface area contributed by atoms with Crippen molar-refractivity contribution in [3.05, 3.63) is 0 Å². The number of rotatable bonds is 2. The second-order valence-electron chi connectivity index (χ2n) is 5.26. The normalized spacial score (nSPS) is 51.6. The van der Waals surface area contributed by atoms with Gasteiger partial charge in [0.15, 0.2) is 5.78 Å². The van der Waals surface area contributed by atoms with Gasteiger partial charge in [-0.3, -0.25) is 4.79 Å². The van der Waals surface area contributed by atoms with Gasteiger partial charge in [0.05, 0.1) is 5.88 Å². The molecule has 0 heterocycles. The summed E-state index contributed by atoms with van der Waals surface area (Å²) < 4.78 is 0. The van der Waals surface area contributed by atoms with Gasteiger partial charge in [-0.15, -0.1) is 11.6 Å². The maximum atomic E-state index is 11.9. The Kier molecular flexibility index (Phi) is 1.59. The summed E-state index contributed by atoms with van der Waals surface area (Å²) in [4.78, 5) is 11.9. The van der Waals surface area contributed by atoms with Crippen LogP contribution in [0.1, 0.15) is 32.1 Å². The van der Waals surface area contributed by atoms with Crippen LogP contribution in [0.2, 0.25) is 0 Å². The topological polar surface area (TPSA) is 17.1 Å². The van der Waals surface area contributed by atoms with Gasteiger partial charge in [0.25, 0.3) is 0 Å². The third-order valence-electron chi connectivity index (χ3n) is 4.67. The number of alkyl halides is 1. The predicted molar refractivity (Wildman–Crippen MR) is 51.7 cm³/mol. The van der Waals surface area contributed by atoms with Crippen LogP contribution >= 0.6 is 11.6 Å². The van der Waals surface area contributed by atoms with E-state index in [9.17, 15) is 4.79 Å². The summed E-state index contributed by atoms with van der Waals surface area (Å²) in [6, 6.07) is 0. The molecular weight excluding hydrogens is 184 g/mol. The molecule has 4 bridgehead atoms. The summed E-state index contributed by atoms with van der Waals surface area (Å²) in [5, 5.41) is 0. The van der Waals surface area contributed by atoms with Gasteiger partial charge in [0, 0.05) is 5.41 Å². The summed E-state index contributed by atoms with van der Waals surface area (Å²) in [5.41, 5.74) is 0.0648. The van der Waals surface area contributed by atoms with Crippen molar-refractivity contribution in [3.8, 4) is 0 Å². The first kappa shape index (κ1) is 8.28. The van der Waals surface area contributed by atoms with E-state index in [0.717, 1.165) is 11.8 Å². The first-order chi connectivity index (χ1) is 6.24. The molecule has 4 rings (SSSR count). The highest BCUT2D eigenvalue weighted by Gasteiger charge is 2.60. The van der Waals surface area contributed by atoms with E-state index in [4.69, 9.17) is 11.6 Å². The third-order valence-corrected chi connectivity index (χ3v) is 4.91. The van der Waals surface area contributed by atoms with E-state index in [1.165, 1.54) is 32.1 Å². The van der Waals surface area contributed by atoms with Crippen LogP contribution in [0.4, 0.5) is 0 Å². The molecule has 72 valence electrons. The minimum absolute atomic E-state index is 0.0648. The maximum absolute atomic E-state index is 11.9. The van der Waals surface area contributed by atoms with Crippen molar-refractivity contribution in [1.82, 2.24) is 0 Å². The van der Waals surface area contributed by atoms with Crippen molar-refractivity contribution < 1.29 is 4.79 Å². The Labute approximate surface area is 83.8 Å². The Balaban J connectivity index is 1.96. The van der Waals surface area contributed by atoms with Crippen molar-refractivity contribution in [2.45, 2.75) is 32.1 Å². The molecule has 0 aromatic heterocycles. The molecule has 0 N–H and O–H groups in total. The lowest BCUT2D eigenvalue weighted by molar-refractivity contribution is -0.127. The number of hydrogen-bond acceptors (Lipinski definition) is 1. The van der Waals surface area contributed by atoms with Gasteiger partial charge in [-0.1, -0.05) is 0 Å². The predicted octanol–water partition coefficient (Wildman–Crippen LogP) is 2.62. The zero-order valence-corrected chi connectivity index (χ0v) is 8.52. The van der Waals surface area contributed by atoms with Crippen LogP contribution in [0, 0.1) is 23.2 Å². The Bertz CT molecular complexity index is 247. The van der Waals surface area contributed by atoms with E-state index in [2.05, 4.69) is 0 Å². The molecule has 13 heavy (non-hydrogen) atoms. The molecule has 4 aliphatic carbocycles. The molecule has 2 heteroatoms. The van der Waals surface area contributed by atoms with E-state index in [1.54, 1.807) is 0 Å². The van der Waals surface area contributed by atoms with Crippen molar-refractivity contribution in [1.29, 1.82) is 0 Å². The molecule has 4 saturated carbocycles. The molecule has 4 fully saturated rings. The quantitative estimate of drug-likeness (QED) is 0.624. The average Bonchev–Trinajstić information content (AvgIpc) is 2.51. The largest absolute Gasteiger partial charge is 0.298 e. The number of carbonyl (C=O) groups excluding carboxylic acids is 1. The lowest BCUT2D eigenvalue weighted by atomic mass is 9.73. The van der Waals surface area contributed by atoms with Gasteiger partial charge in [0.2, 0.25) is 0 Å². The minimum atomic E-state index is 0.0648. The molecule has 4 aliphatic rings. The Morgan fingerprint density at radius 3 is 2.38 bits per heavy atom. The summed E-state index contributed by atoms with van der Waals surface area (Å²) in [6.07, 6.45) is 6.37. The van der Waals surface area contributed by atoms with E-state index in [1.807, 2.05) is 0 Å². The highest BCUT2D eigenvalue weighted by atomic mass is 35.5. The summed E-state index contributed by atoms with van der Waals surface area (Å²) >= 11 is 5.71. The molecule has 0 aromatic carbocycles. The van der Waals surface area contributed by atoms with Crippen LogP contribution in [0.3, 0.4) is 0 Å². The fourth-order valence-electron chi connectivity index (χ4n) is 4.38. The molecule has 0 aromatic rings. The number of ketones is 1. The van der Waals surface area contributed by atoms with Crippen LogP contribution in [0.15, 0.2) is 0 Å². The zero-order chi connectivity index (χ0) is 9.05. The Morgan fingerprint density at radius 1 is 1.23 bits per heavy atom. The zero-order valence-electron chi connectivity index (χ0n) is 7.76. The van der Waals surface area contributed by atoms with Gasteiger partial charge in [-0.25, -0.2) is 0 Å². The average molecular weight is 199 g/mol. The fraction of sp³-hybridized carbons (Fsp3) is 0.909. The van der Waals surface area contributed by atoms with Gasteiger partial charge in [0.1, 0.15) is 0 Å². The molecule has 2 unspecified atom stereocenters. The van der Waals surface area contributed by atoms with E-state index < -0.39 is 0 Å². The minimum Gasteiger partial charge on any atom is -0.298 e. The second-order valence-corrected chi connectivity index (χ2v) is 5.52. The molecule has 0 aliphatic heterocycles. The molecular formula is C11H15ClO. The van der Waals surface area contributed by atoms with Gasteiger partial charge in [-0.05, 0) is 49.9 Å². The molecule has 1 nitrogen and oxygen atoms in total. The van der Waals surface area contributed by atoms with Crippen LogP contribution < -0.4 is 0 Å². The first-order valence-corrected chi connectivity index (χ1v) is 5.87. The smallest absolute Gasteiger partial charge is 0.154 e. The number of carbonyl (C=O) groups is 1. The summed E-state index contributed by atoms with van der Waals surface area (Å²) in [5.74, 6) is 3.04. The number of Topliss-reactive ketones (excluding diaryl/α,β-unsaturated/α-hetero) is 1. The molecule has 2 atom stereocenters. The lowest BCUT2D eigenvalue weighted by Gasteiger charge is -2.30. The van der Waals surface area contributed by atoms with Crippen molar-refractivity contribution in [2.75, 3.05) is 5.88 Å².